The first kappa shape index (κ1) is 16.2. The number of halogens is 4. The van der Waals surface area contributed by atoms with Crippen LogP contribution in [0.25, 0.3) is 17.2 Å². The van der Waals surface area contributed by atoms with E-state index < -0.39 is 5.97 Å². The zero-order chi connectivity index (χ0) is 15.6. The zero-order valence-electron chi connectivity index (χ0n) is 10.4. The zero-order valence-corrected chi connectivity index (χ0v) is 13.4. The molecule has 0 saturated heterocycles. The van der Waals surface area contributed by atoms with Crippen LogP contribution in [0, 0.1) is 0 Å². The largest absolute Gasteiger partial charge is 0.478 e. The average Bonchev–Trinajstić information content (AvgIpc) is 2.42. The number of carboxylic acid groups (broad SMARTS) is 1. The van der Waals surface area contributed by atoms with Gasteiger partial charge in [-0.3, -0.25) is 0 Å². The monoisotopic (exact) mass is 360 g/mol. The first-order valence-corrected chi connectivity index (χ1v) is 7.25. The molecule has 0 bridgehead atoms. The van der Waals surface area contributed by atoms with Crippen molar-refractivity contribution in [3.05, 3.63) is 62.1 Å². The number of aliphatic carboxylic acids is 1. The highest BCUT2D eigenvalue weighted by Gasteiger charge is 2.10. The molecule has 2 aromatic rings. The quantitative estimate of drug-likeness (QED) is 0.532. The van der Waals surface area contributed by atoms with Crippen molar-refractivity contribution in [1.82, 2.24) is 0 Å². The Morgan fingerprint density at radius 1 is 0.952 bits per heavy atom. The van der Waals surface area contributed by atoms with Gasteiger partial charge in [-0.2, -0.15) is 0 Å². The lowest BCUT2D eigenvalue weighted by atomic mass is 10.0. The number of benzene rings is 2. The third kappa shape index (κ3) is 3.92. The molecule has 0 aliphatic carbocycles. The van der Waals surface area contributed by atoms with Gasteiger partial charge in [0.2, 0.25) is 0 Å². The molecule has 0 aliphatic heterocycles. The van der Waals surface area contributed by atoms with Gasteiger partial charge in [-0.1, -0.05) is 58.5 Å². The Hall–Kier alpha value is -1.19. The Labute approximate surface area is 141 Å². The van der Waals surface area contributed by atoms with Crippen molar-refractivity contribution in [1.29, 1.82) is 0 Å². The minimum atomic E-state index is -1.02. The van der Waals surface area contributed by atoms with E-state index in [1.54, 1.807) is 30.3 Å². The second kappa shape index (κ2) is 6.71. The van der Waals surface area contributed by atoms with E-state index in [0.717, 1.165) is 17.2 Å². The molecule has 0 heterocycles. The van der Waals surface area contributed by atoms with Crippen molar-refractivity contribution in [3.8, 4) is 11.1 Å². The Bertz CT molecular complexity index is 715. The van der Waals surface area contributed by atoms with Gasteiger partial charge >= 0.3 is 5.97 Å². The third-order valence-corrected chi connectivity index (χ3v) is 4.22. The molecule has 6 heteroatoms. The maximum Gasteiger partial charge on any atom is 0.328 e. The number of hydrogen-bond acceptors (Lipinski definition) is 1. The van der Waals surface area contributed by atoms with Crippen LogP contribution >= 0.6 is 46.4 Å². The van der Waals surface area contributed by atoms with E-state index in [4.69, 9.17) is 51.5 Å². The summed E-state index contributed by atoms with van der Waals surface area (Å²) in [4.78, 5) is 10.5. The van der Waals surface area contributed by atoms with Gasteiger partial charge in [-0.25, -0.2) is 4.79 Å². The van der Waals surface area contributed by atoms with E-state index in [1.165, 1.54) is 6.08 Å². The van der Waals surface area contributed by atoms with Crippen LogP contribution in [0.3, 0.4) is 0 Å². The van der Waals surface area contributed by atoms with Crippen LogP contribution in [0.5, 0.6) is 0 Å². The van der Waals surface area contributed by atoms with E-state index in [2.05, 4.69) is 0 Å². The first-order valence-electron chi connectivity index (χ1n) is 5.74. The lowest BCUT2D eigenvalue weighted by Gasteiger charge is -2.08. The molecule has 0 saturated carbocycles. The molecular formula is C15H8Cl4O2. The van der Waals surface area contributed by atoms with Crippen LogP contribution in [0.4, 0.5) is 0 Å². The van der Waals surface area contributed by atoms with Crippen LogP contribution in [0.2, 0.25) is 20.1 Å². The summed E-state index contributed by atoms with van der Waals surface area (Å²) < 4.78 is 0. The normalized spacial score (nSPS) is 11.0. The lowest BCUT2D eigenvalue weighted by Crippen LogP contribution is -1.86. The molecule has 0 fully saturated rings. The highest BCUT2D eigenvalue weighted by atomic mass is 35.5. The molecule has 0 radical (unpaired) electrons. The Kier molecular flexibility index (Phi) is 5.17. The van der Waals surface area contributed by atoms with Crippen molar-refractivity contribution in [2.75, 3.05) is 0 Å². The molecule has 0 aliphatic rings. The van der Waals surface area contributed by atoms with Crippen molar-refractivity contribution in [3.63, 3.8) is 0 Å². The minimum Gasteiger partial charge on any atom is -0.478 e. The summed E-state index contributed by atoms with van der Waals surface area (Å²) in [5, 5.41) is 10.0. The fourth-order valence-corrected chi connectivity index (χ4v) is 2.64. The molecule has 108 valence electrons. The van der Waals surface area contributed by atoms with Crippen molar-refractivity contribution >= 4 is 58.4 Å². The summed E-state index contributed by atoms with van der Waals surface area (Å²) in [7, 11) is 0. The van der Waals surface area contributed by atoms with Gasteiger partial charge in [0, 0.05) is 16.7 Å². The van der Waals surface area contributed by atoms with Gasteiger partial charge in [0.25, 0.3) is 0 Å². The molecule has 0 spiro atoms. The maximum atomic E-state index is 10.5. The van der Waals surface area contributed by atoms with Gasteiger partial charge in [0.15, 0.2) is 0 Å². The minimum absolute atomic E-state index is 0.291. The molecule has 1 N–H and O–H groups in total. The van der Waals surface area contributed by atoms with Crippen LogP contribution in [0.1, 0.15) is 5.56 Å². The molecular weight excluding hydrogens is 354 g/mol. The van der Waals surface area contributed by atoms with Gasteiger partial charge in [-0.15, -0.1) is 0 Å². The summed E-state index contributed by atoms with van der Waals surface area (Å²) in [5.41, 5.74) is 2.13. The van der Waals surface area contributed by atoms with Gasteiger partial charge in [0.05, 0.1) is 15.1 Å². The fraction of sp³-hybridized carbons (Fsp3) is 0. The molecule has 2 aromatic carbocycles. The standard InChI is InChI=1S/C15H8Cl4O2/c16-11-5-8(2-4-14(20)21)1-3-10(11)9-6-12(17)15(19)13(18)7-9/h1-7H,(H,20,21)/b4-2+. The van der Waals surface area contributed by atoms with Gasteiger partial charge in [0.1, 0.15) is 0 Å². The summed E-state index contributed by atoms with van der Waals surface area (Å²) in [6.45, 7) is 0. The molecule has 2 rings (SSSR count). The SMILES string of the molecule is O=C(O)/C=C/c1ccc(-c2cc(Cl)c(Cl)c(Cl)c2)c(Cl)c1. The summed E-state index contributed by atoms with van der Waals surface area (Å²) in [5.74, 6) is -1.02. The summed E-state index contributed by atoms with van der Waals surface area (Å²) in [6.07, 6.45) is 2.50. The third-order valence-electron chi connectivity index (χ3n) is 2.71. The second-order valence-electron chi connectivity index (χ2n) is 4.16. The van der Waals surface area contributed by atoms with Crippen molar-refractivity contribution in [2.24, 2.45) is 0 Å². The second-order valence-corrected chi connectivity index (χ2v) is 5.76. The number of carbonyl (C=O) groups is 1. The smallest absolute Gasteiger partial charge is 0.328 e. The fourth-order valence-electron chi connectivity index (χ4n) is 1.75. The van der Waals surface area contributed by atoms with Gasteiger partial charge < -0.3 is 5.11 Å². The Balaban J connectivity index is 2.44. The first-order chi connectivity index (χ1) is 9.88. The number of carboxylic acids is 1. The van der Waals surface area contributed by atoms with Crippen molar-refractivity contribution in [2.45, 2.75) is 0 Å². The van der Waals surface area contributed by atoms with Crippen LogP contribution < -0.4 is 0 Å². The highest BCUT2D eigenvalue weighted by Crippen LogP contribution is 2.37. The highest BCUT2D eigenvalue weighted by molar-refractivity contribution is 6.48. The lowest BCUT2D eigenvalue weighted by molar-refractivity contribution is -0.131. The molecule has 0 amide bonds. The van der Waals surface area contributed by atoms with E-state index in [9.17, 15) is 4.79 Å². The molecule has 0 unspecified atom stereocenters. The van der Waals surface area contributed by atoms with Crippen molar-refractivity contribution < 1.29 is 9.90 Å². The predicted molar refractivity (Wildman–Crippen MR) is 88.6 cm³/mol. The average molecular weight is 362 g/mol. The van der Waals surface area contributed by atoms with E-state index in [-0.39, 0.29) is 0 Å². The summed E-state index contributed by atoms with van der Waals surface area (Å²) >= 11 is 24.1. The molecule has 2 nitrogen and oxygen atoms in total. The Morgan fingerprint density at radius 2 is 1.57 bits per heavy atom. The number of hydrogen-bond donors (Lipinski definition) is 1. The topological polar surface area (TPSA) is 37.3 Å². The summed E-state index contributed by atoms with van der Waals surface area (Å²) in [6, 6.07) is 8.51. The van der Waals surface area contributed by atoms with Crippen LogP contribution in [-0.4, -0.2) is 11.1 Å². The Morgan fingerprint density at radius 3 is 2.10 bits per heavy atom. The molecule has 0 atom stereocenters. The van der Waals surface area contributed by atoms with Gasteiger partial charge in [-0.05, 0) is 35.4 Å². The maximum absolute atomic E-state index is 10.5. The van der Waals surface area contributed by atoms with Crippen LogP contribution in [0.15, 0.2) is 36.4 Å². The van der Waals surface area contributed by atoms with E-state index in [1.807, 2.05) is 0 Å². The molecule has 0 aromatic heterocycles. The number of rotatable bonds is 3. The van der Waals surface area contributed by atoms with E-state index >= 15 is 0 Å². The predicted octanol–water partition coefficient (Wildman–Crippen LogP) is 6.07. The van der Waals surface area contributed by atoms with E-state index in [0.29, 0.717) is 25.7 Å². The van der Waals surface area contributed by atoms with Crippen LogP contribution in [-0.2, 0) is 4.79 Å². The molecule has 21 heavy (non-hydrogen) atoms.